The van der Waals surface area contributed by atoms with Crippen LogP contribution in [0.2, 0.25) is 0 Å². The quantitative estimate of drug-likeness (QED) is 0.869. The molecule has 18 heavy (non-hydrogen) atoms. The van der Waals surface area contributed by atoms with E-state index >= 15 is 0 Å². The average molecular weight is 245 g/mol. The van der Waals surface area contributed by atoms with Crippen LogP contribution in [0.25, 0.3) is 0 Å². The van der Waals surface area contributed by atoms with Crippen molar-refractivity contribution in [1.82, 2.24) is 0 Å². The van der Waals surface area contributed by atoms with Crippen molar-refractivity contribution < 1.29 is 4.74 Å². The molecule has 0 saturated heterocycles. The third-order valence-corrected chi connectivity index (χ3v) is 5.58. The van der Waals surface area contributed by atoms with E-state index in [4.69, 9.17) is 10.5 Å². The monoisotopic (exact) mass is 245 g/mol. The molecule has 2 nitrogen and oxygen atoms in total. The summed E-state index contributed by atoms with van der Waals surface area (Å²) >= 11 is 0. The Kier molecular flexibility index (Phi) is 2.50. The van der Waals surface area contributed by atoms with Gasteiger partial charge in [0.1, 0.15) is 5.75 Å². The molecule has 0 heterocycles. The topological polar surface area (TPSA) is 35.2 Å². The highest BCUT2D eigenvalue weighted by Gasteiger charge is 2.70. The molecule has 98 valence electrons. The first-order valence-electron chi connectivity index (χ1n) is 6.95. The van der Waals surface area contributed by atoms with Crippen LogP contribution in [0.1, 0.15) is 37.8 Å². The zero-order chi connectivity index (χ0) is 13.0. The van der Waals surface area contributed by atoms with Gasteiger partial charge in [0, 0.05) is 5.41 Å². The van der Waals surface area contributed by atoms with Crippen molar-refractivity contribution in [3.8, 4) is 5.75 Å². The molecule has 2 heteroatoms. The molecule has 1 aromatic rings. The maximum absolute atomic E-state index is 6.00. The number of benzene rings is 1. The van der Waals surface area contributed by atoms with Crippen LogP contribution in [0.3, 0.4) is 0 Å². The molecular weight excluding hydrogens is 222 g/mol. The summed E-state index contributed by atoms with van der Waals surface area (Å²) in [5, 5.41) is 0. The Bertz CT molecular complexity index is 480. The number of nitrogens with two attached hydrogens (primary N) is 1. The van der Waals surface area contributed by atoms with Crippen molar-refractivity contribution in [1.29, 1.82) is 0 Å². The van der Waals surface area contributed by atoms with Crippen molar-refractivity contribution in [2.75, 3.05) is 13.7 Å². The molecule has 0 amide bonds. The molecule has 1 saturated carbocycles. The van der Waals surface area contributed by atoms with Crippen LogP contribution in [-0.4, -0.2) is 13.7 Å². The standard InChI is InChI=1S/C16H23NO/c1-15(2)14(10-17)16(15)8-4-5-11-9-12(18-3)6-7-13(11)16/h6-7,9,14H,4-5,8,10,17H2,1-3H3. The predicted molar refractivity (Wildman–Crippen MR) is 73.9 cm³/mol. The van der Waals surface area contributed by atoms with Gasteiger partial charge in [-0.15, -0.1) is 0 Å². The highest BCUT2D eigenvalue weighted by Crippen LogP contribution is 2.72. The lowest BCUT2D eigenvalue weighted by molar-refractivity contribution is 0.406. The Morgan fingerprint density at radius 1 is 1.39 bits per heavy atom. The van der Waals surface area contributed by atoms with Gasteiger partial charge in [-0.05, 0) is 60.4 Å². The van der Waals surface area contributed by atoms with Gasteiger partial charge >= 0.3 is 0 Å². The van der Waals surface area contributed by atoms with E-state index in [9.17, 15) is 0 Å². The van der Waals surface area contributed by atoms with Crippen LogP contribution in [0.15, 0.2) is 18.2 Å². The molecule has 2 aliphatic rings. The molecular formula is C16H23NO. The maximum atomic E-state index is 6.00. The van der Waals surface area contributed by atoms with E-state index in [1.54, 1.807) is 7.11 Å². The van der Waals surface area contributed by atoms with Crippen molar-refractivity contribution in [2.24, 2.45) is 17.1 Å². The van der Waals surface area contributed by atoms with E-state index in [1.165, 1.54) is 30.4 Å². The van der Waals surface area contributed by atoms with Crippen LogP contribution in [-0.2, 0) is 11.8 Å². The first kappa shape index (κ1) is 12.0. The minimum absolute atomic E-state index is 0.335. The van der Waals surface area contributed by atoms with E-state index in [0.717, 1.165) is 12.3 Å². The van der Waals surface area contributed by atoms with Gasteiger partial charge in [-0.2, -0.15) is 0 Å². The maximum Gasteiger partial charge on any atom is 0.119 e. The van der Waals surface area contributed by atoms with Gasteiger partial charge < -0.3 is 10.5 Å². The van der Waals surface area contributed by atoms with Crippen LogP contribution in [0.5, 0.6) is 5.75 Å². The Morgan fingerprint density at radius 3 is 2.78 bits per heavy atom. The van der Waals surface area contributed by atoms with Gasteiger partial charge in [-0.1, -0.05) is 19.9 Å². The number of methoxy groups -OCH3 is 1. The van der Waals surface area contributed by atoms with Gasteiger partial charge in [-0.3, -0.25) is 0 Å². The van der Waals surface area contributed by atoms with Crippen LogP contribution in [0.4, 0.5) is 0 Å². The zero-order valence-corrected chi connectivity index (χ0v) is 11.6. The fraction of sp³-hybridized carbons (Fsp3) is 0.625. The molecule has 0 aliphatic heterocycles. The summed E-state index contributed by atoms with van der Waals surface area (Å²) in [6.45, 7) is 5.56. The third-order valence-electron chi connectivity index (χ3n) is 5.58. The molecule has 0 radical (unpaired) electrons. The van der Waals surface area contributed by atoms with Crippen LogP contribution < -0.4 is 10.5 Å². The molecule has 1 aromatic carbocycles. The summed E-state index contributed by atoms with van der Waals surface area (Å²) < 4.78 is 5.35. The second-order valence-electron chi connectivity index (χ2n) is 6.36. The molecule has 2 unspecified atom stereocenters. The van der Waals surface area contributed by atoms with Crippen molar-refractivity contribution in [2.45, 2.75) is 38.5 Å². The largest absolute Gasteiger partial charge is 0.497 e. The molecule has 2 N–H and O–H groups in total. The molecule has 2 aliphatic carbocycles. The lowest BCUT2D eigenvalue weighted by atomic mass is 9.75. The van der Waals surface area contributed by atoms with Crippen molar-refractivity contribution in [3.63, 3.8) is 0 Å². The van der Waals surface area contributed by atoms with Crippen LogP contribution >= 0.6 is 0 Å². The van der Waals surface area contributed by atoms with E-state index in [0.29, 0.717) is 16.7 Å². The fourth-order valence-electron chi connectivity index (χ4n) is 4.52. The summed E-state index contributed by atoms with van der Waals surface area (Å²) in [7, 11) is 1.74. The Morgan fingerprint density at radius 2 is 2.17 bits per heavy atom. The normalized spacial score (nSPS) is 32.1. The van der Waals surface area contributed by atoms with Gasteiger partial charge in [-0.25, -0.2) is 0 Å². The lowest BCUT2D eigenvalue weighted by Gasteiger charge is -2.29. The van der Waals surface area contributed by atoms with E-state index in [2.05, 4.69) is 32.0 Å². The van der Waals surface area contributed by atoms with E-state index < -0.39 is 0 Å². The van der Waals surface area contributed by atoms with Gasteiger partial charge in [0.05, 0.1) is 7.11 Å². The minimum Gasteiger partial charge on any atom is -0.497 e. The van der Waals surface area contributed by atoms with Gasteiger partial charge in [0.25, 0.3) is 0 Å². The average Bonchev–Trinajstić information content (AvgIpc) is 2.84. The molecule has 0 aromatic heterocycles. The summed E-state index contributed by atoms with van der Waals surface area (Å²) in [6.07, 6.45) is 3.75. The number of hydrogen-bond donors (Lipinski definition) is 1. The number of hydrogen-bond acceptors (Lipinski definition) is 2. The van der Waals surface area contributed by atoms with Gasteiger partial charge in [0.2, 0.25) is 0 Å². The first-order chi connectivity index (χ1) is 8.57. The third kappa shape index (κ3) is 1.27. The molecule has 2 atom stereocenters. The highest BCUT2D eigenvalue weighted by molar-refractivity contribution is 5.49. The molecule has 1 fully saturated rings. The SMILES string of the molecule is COc1ccc2c(c1)CCCC21C(CN)C1(C)C. The lowest BCUT2D eigenvalue weighted by Crippen LogP contribution is -2.23. The molecule has 1 spiro atoms. The minimum atomic E-state index is 0.335. The van der Waals surface area contributed by atoms with Crippen molar-refractivity contribution >= 4 is 0 Å². The highest BCUT2D eigenvalue weighted by atomic mass is 16.5. The van der Waals surface area contributed by atoms with E-state index in [1.807, 2.05) is 0 Å². The van der Waals surface area contributed by atoms with E-state index in [-0.39, 0.29) is 0 Å². The zero-order valence-electron chi connectivity index (χ0n) is 11.6. The molecule has 3 rings (SSSR count). The second kappa shape index (κ2) is 3.74. The van der Waals surface area contributed by atoms with Crippen molar-refractivity contribution in [3.05, 3.63) is 29.3 Å². The fourth-order valence-corrected chi connectivity index (χ4v) is 4.52. The molecule has 0 bridgehead atoms. The number of aryl methyl sites for hydroxylation is 1. The second-order valence-corrected chi connectivity index (χ2v) is 6.36. The number of rotatable bonds is 2. The number of ether oxygens (including phenoxy) is 1. The summed E-state index contributed by atoms with van der Waals surface area (Å²) in [5.74, 6) is 1.62. The smallest absolute Gasteiger partial charge is 0.119 e. The Hall–Kier alpha value is -1.02. The van der Waals surface area contributed by atoms with Gasteiger partial charge in [0.15, 0.2) is 0 Å². The van der Waals surface area contributed by atoms with Crippen LogP contribution in [0, 0.1) is 11.3 Å². The first-order valence-corrected chi connectivity index (χ1v) is 6.95. The predicted octanol–water partition coefficient (Wildman–Crippen LogP) is 2.88. The number of fused-ring (bicyclic) bond motifs is 2. The Balaban J connectivity index is 2.09. The summed E-state index contributed by atoms with van der Waals surface area (Å²) in [5.41, 5.74) is 9.70. The summed E-state index contributed by atoms with van der Waals surface area (Å²) in [4.78, 5) is 0. The Labute approximate surface area is 110 Å². The summed E-state index contributed by atoms with van der Waals surface area (Å²) in [6, 6.07) is 6.61.